The molecule has 0 aliphatic rings. The van der Waals surface area contributed by atoms with Crippen LogP contribution in [-0.4, -0.2) is 7.11 Å². The lowest BCUT2D eigenvalue weighted by atomic mass is 10.0. The van der Waals surface area contributed by atoms with Crippen LogP contribution < -0.4 is 10.5 Å². The van der Waals surface area contributed by atoms with Gasteiger partial charge in [0.15, 0.2) is 0 Å². The summed E-state index contributed by atoms with van der Waals surface area (Å²) in [4.78, 5) is 0. The van der Waals surface area contributed by atoms with Gasteiger partial charge in [-0.15, -0.1) is 0 Å². The molecule has 0 radical (unpaired) electrons. The Morgan fingerprint density at radius 1 is 1.35 bits per heavy atom. The van der Waals surface area contributed by atoms with Crippen LogP contribution in [0.4, 0.5) is 0 Å². The third-order valence-electron chi connectivity index (χ3n) is 2.51. The lowest BCUT2D eigenvalue weighted by molar-refractivity contribution is 0.408. The van der Waals surface area contributed by atoms with Crippen molar-refractivity contribution in [2.24, 2.45) is 5.73 Å². The molecule has 17 heavy (non-hydrogen) atoms. The maximum absolute atomic E-state index is 6.24. The van der Waals surface area contributed by atoms with Crippen LogP contribution in [0.2, 0.25) is 5.02 Å². The van der Waals surface area contributed by atoms with Crippen LogP contribution in [-0.2, 0) is 0 Å². The number of halogens is 2. The summed E-state index contributed by atoms with van der Waals surface area (Å²) in [6.07, 6.45) is 0. The van der Waals surface area contributed by atoms with Crippen LogP contribution in [0, 0.1) is 0 Å². The lowest BCUT2D eigenvalue weighted by Gasteiger charge is -2.15. The zero-order valence-electron chi connectivity index (χ0n) is 9.11. The van der Waals surface area contributed by atoms with E-state index in [-0.39, 0.29) is 6.04 Å². The Bertz CT molecular complexity index is 529. The van der Waals surface area contributed by atoms with Crippen molar-refractivity contribution in [2.75, 3.05) is 7.11 Å². The van der Waals surface area contributed by atoms with Crippen molar-refractivity contribution in [1.82, 2.24) is 0 Å². The number of methoxy groups -OCH3 is 1. The molecule has 1 aromatic heterocycles. The summed E-state index contributed by atoms with van der Waals surface area (Å²) in [5.41, 5.74) is 8.22. The molecule has 0 saturated carbocycles. The number of hydrogen-bond acceptors (Lipinski definition) is 3. The first kappa shape index (κ1) is 12.9. The van der Waals surface area contributed by atoms with Crippen molar-refractivity contribution in [3.8, 4) is 5.75 Å². The molecule has 2 aromatic rings. The van der Waals surface area contributed by atoms with E-state index in [1.165, 1.54) is 0 Å². The highest BCUT2D eigenvalue weighted by molar-refractivity contribution is 9.10. The number of benzene rings is 1. The van der Waals surface area contributed by atoms with Gasteiger partial charge in [0.25, 0.3) is 0 Å². The van der Waals surface area contributed by atoms with Gasteiger partial charge in [-0.25, -0.2) is 0 Å². The smallest absolute Gasteiger partial charge is 0.125 e. The van der Waals surface area contributed by atoms with E-state index in [1.807, 2.05) is 22.9 Å². The van der Waals surface area contributed by atoms with Crippen molar-refractivity contribution < 1.29 is 4.74 Å². The average Bonchev–Trinajstić information content (AvgIpc) is 2.74. The van der Waals surface area contributed by atoms with Crippen LogP contribution in [0.15, 0.2) is 33.4 Å². The van der Waals surface area contributed by atoms with Crippen molar-refractivity contribution in [2.45, 2.75) is 6.04 Å². The molecule has 0 saturated heterocycles. The third-order valence-corrected chi connectivity index (χ3v) is 4.49. The summed E-state index contributed by atoms with van der Waals surface area (Å²) in [5, 5.41) is 4.68. The minimum Gasteiger partial charge on any atom is -0.496 e. The van der Waals surface area contributed by atoms with Gasteiger partial charge < -0.3 is 10.5 Å². The van der Waals surface area contributed by atoms with E-state index in [4.69, 9.17) is 22.1 Å². The summed E-state index contributed by atoms with van der Waals surface area (Å²) >= 11 is 11.0. The number of thiophene rings is 1. The number of ether oxygens (including phenoxy) is 1. The third kappa shape index (κ3) is 2.65. The van der Waals surface area contributed by atoms with Gasteiger partial charge in [-0.3, -0.25) is 0 Å². The van der Waals surface area contributed by atoms with Crippen molar-refractivity contribution in [3.63, 3.8) is 0 Å². The van der Waals surface area contributed by atoms with Crippen molar-refractivity contribution in [1.29, 1.82) is 0 Å². The summed E-state index contributed by atoms with van der Waals surface area (Å²) in [6, 6.07) is 5.27. The summed E-state index contributed by atoms with van der Waals surface area (Å²) in [5.74, 6) is 0.711. The van der Waals surface area contributed by atoms with E-state index in [9.17, 15) is 0 Å². The second-order valence-corrected chi connectivity index (χ2v) is 5.57. The Labute approximate surface area is 117 Å². The zero-order valence-corrected chi connectivity index (χ0v) is 12.3. The van der Waals surface area contributed by atoms with E-state index in [0.29, 0.717) is 10.8 Å². The van der Waals surface area contributed by atoms with Crippen LogP contribution in [0.5, 0.6) is 5.75 Å². The molecule has 0 fully saturated rings. The molecule has 2 nitrogen and oxygen atoms in total. The van der Waals surface area contributed by atoms with Crippen LogP contribution >= 0.6 is 38.9 Å². The molecule has 1 unspecified atom stereocenters. The van der Waals surface area contributed by atoms with Gasteiger partial charge in [0.1, 0.15) is 5.75 Å². The maximum atomic E-state index is 6.24. The normalized spacial score (nSPS) is 12.5. The predicted octanol–water partition coefficient (Wildman–Crippen LogP) is 4.22. The Kier molecular flexibility index (Phi) is 4.09. The Balaban J connectivity index is 2.44. The van der Waals surface area contributed by atoms with Gasteiger partial charge in [0, 0.05) is 20.4 Å². The Morgan fingerprint density at radius 2 is 2.12 bits per heavy atom. The molecule has 0 bridgehead atoms. The minimum atomic E-state index is -0.220. The lowest BCUT2D eigenvalue weighted by Crippen LogP contribution is -2.12. The van der Waals surface area contributed by atoms with Gasteiger partial charge >= 0.3 is 0 Å². The molecule has 5 heteroatoms. The summed E-state index contributed by atoms with van der Waals surface area (Å²) in [7, 11) is 1.62. The molecule has 0 amide bonds. The molecule has 0 aliphatic heterocycles. The van der Waals surface area contributed by atoms with E-state index in [2.05, 4.69) is 15.9 Å². The molecule has 2 N–H and O–H groups in total. The summed E-state index contributed by atoms with van der Waals surface area (Å²) < 4.78 is 6.33. The molecule has 0 aliphatic carbocycles. The Morgan fingerprint density at radius 3 is 2.71 bits per heavy atom. The molecule has 90 valence electrons. The SMILES string of the molecule is COc1cc(Cl)ccc1C(N)c1cscc1Br. The number of rotatable bonds is 3. The first-order valence-electron chi connectivity index (χ1n) is 4.94. The molecule has 1 atom stereocenters. The fourth-order valence-corrected chi connectivity index (χ4v) is 3.36. The van der Waals surface area contributed by atoms with Gasteiger partial charge in [0.05, 0.1) is 13.2 Å². The van der Waals surface area contributed by atoms with Crippen molar-refractivity contribution in [3.05, 3.63) is 49.6 Å². The fraction of sp³-hybridized carbons (Fsp3) is 0.167. The molecule has 0 spiro atoms. The van der Waals surface area contributed by atoms with Crippen LogP contribution in [0.25, 0.3) is 0 Å². The second kappa shape index (κ2) is 5.40. The Hall–Kier alpha value is -0.550. The van der Waals surface area contributed by atoms with E-state index >= 15 is 0 Å². The van der Waals surface area contributed by atoms with Crippen LogP contribution in [0.1, 0.15) is 17.2 Å². The number of hydrogen-bond donors (Lipinski definition) is 1. The largest absolute Gasteiger partial charge is 0.496 e. The van der Waals surface area contributed by atoms with Crippen molar-refractivity contribution >= 4 is 38.9 Å². The van der Waals surface area contributed by atoms with E-state index in [1.54, 1.807) is 24.5 Å². The highest BCUT2D eigenvalue weighted by Gasteiger charge is 2.17. The van der Waals surface area contributed by atoms with Gasteiger partial charge in [-0.05, 0) is 39.0 Å². The quantitative estimate of drug-likeness (QED) is 0.913. The maximum Gasteiger partial charge on any atom is 0.125 e. The predicted molar refractivity (Wildman–Crippen MR) is 76.1 cm³/mol. The minimum absolute atomic E-state index is 0.220. The molecular weight excluding hydrogens is 322 g/mol. The van der Waals surface area contributed by atoms with Crippen LogP contribution in [0.3, 0.4) is 0 Å². The second-order valence-electron chi connectivity index (χ2n) is 3.54. The number of nitrogens with two attached hydrogens (primary N) is 1. The monoisotopic (exact) mass is 331 g/mol. The highest BCUT2D eigenvalue weighted by atomic mass is 79.9. The molecular formula is C12H11BrClNOS. The first-order chi connectivity index (χ1) is 8.13. The molecule has 1 heterocycles. The van der Waals surface area contributed by atoms with Gasteiger partial charge in [0.2, 0.25) is 0 Å². The standard InChI is InChI=1S/C12H11BrClNOS/c1-16-11-4-7(14)2-3-8(11)12(15)9-5-17-6-10(9)13/h2-6,12H,15H2,1H3. The van der Waals surface area contributed by atoms with E-state index < -0.39 is 0 Å². The average molecular weight is 333 g/mol. The first-order valence-corrected chi connectivity index (χ1v) is 7.05. The van der Waals surface area contributed by atoms with Gasteiger partial charge in [-0.2, -0.15) is 11.3 Å². The molecule has 1 aromatic carbocycles. The summed E-state index contributed by atoms with van der Waals surface area (Å²) in [6.45, 7) is 0. The molecule has 2 rings (SSSR count). The fourth-order valence-electron chi connectivity index (χ4n) is 1.62. The van der Waals surface area contributed by atoms with Gasteiger partial charge in [-0.1, -0.05) is 17.7 Å². The zero-order chi connectivity index (χ0) is 12.4. The van der Waals surface area contributed by atoms with E-state index in [0.717, 1.165) is 15.6 Å². The topological polar surface area (TPSA) is 35.2 Å². The highest BCUT2D eigenvalue weighted by Crippen LogP contribution is 2.35.